The monoisotopic (exact) mass is 490 g/mol. The van der Waals surface area contributed by atoms with Crippen LogP contribution in [0.25, 0.3) is 0 Å². The lowest BCUT2D eigenvalue weighted by molar-refractivity contribution is -0.123. The number of halogens is 2. The molecule has 2 atom stereocenters. The number of rotatable bonds is 7. The minimum atomic E-state index is -0.408. The van der Waals surface area contributed by atoms with E-state index < -0.39 is 6.04 Å². The molecule has 0 bridgehead atoms. The van der Waals surface area contributed by atoms with E-state index in [1.165, 1.54) is 6.92 Å². The molecule has 0 radical (unpaired) electrons. The summed E-state index contributed by atoms with van der Waals surface area (Å²) in [7, 11) is 0. The summed E-state index contributed by atoms with van der Waals surface area (Å²) in [6.07, 6.45) is 0.136. The third-order valence-electron chi connectivity index (χ3n) is 4.38. The summed E-state index contributed by atoms with van der Waals surface area (Å²) in [6, 6.07) is 18.3. The second-order valence-corrected chi connectivity index (χ2v) is 8.91. The molecule has 3 aromatic rings. The van der Waals surface area contributed by atoms with Crippen LogP contribution >= 0.6 is 38.9 Å². The Bertz CT molecular complexity index is 959. The molecule has 0 saturated carbocycles. The number of carbonyl (C=O) groups is 2. The summed E-state index contributed by atoms with van der Waals surface area (Å²) in [4.78, 5) is 25.6. The van der Waals surface area contributed by atoms with E-state index in [1.807, 2.05) is 66.0 Å². The van der Waals surface area contributed by atoms with Gasteiger partial charge in [0, 0.05) is 21.3 Å². The fraction of sp³-hybridized carbons (Fsp3) is 0.182. The van der Waals surface area contributed by atoms with Crippen molar-refractivity contribution >= 4 is 50.7 Å². The van der Waals surface area contributed by atoms with Gasteiger partial charge in [0.1, 0.15) is 0 Å². The van der Waals surface area contributed by atoms with Gasteiger partial charge in [-0.25, -0.2) is 0 Å². The first-order valence-electron chi connectivity index (χ1n) is 9.03. The Morgan fingerprint density at radius 2 is 1.66 bits per heavy atom. The van der Waals surface area contributed by atoms with Crippen molar-refractivity contribution in [3.8, 4) is 0 Å². The quantitative estimate of drug-likeness (QED) is 0.449. The molecule has 2 N–H and O–H groups in total. The minimum Gasteiger partial charge on any atom is -0.349 e. The lowest BCUT2D eigenvalue weighted by Gasteiger charge is -2.22. The predicted octanol–water partition coefficient (Wildman–Crippen LogP) is 5.64. The molecule has 7 heteroatoms. The van der Waals surface area contributed by atoms with Crippen molar-refractivity contribution in [1.29, 1.82) is 0 Å². The van der Waals surface area contributed by atoms with Gasteiger partial charge in [-0.05, 0) is 46.8 Å². The molecule has 0 fully saturated rings. The highest BCUT2D eigenvalue weighted by Gasteiger charge is 2.22. The fourth-order valence-corrected chi connectivity index (χ4v) is 4.22. The third-order valence-corrected chi connectivity index (χ3v) is 6.09. The number of carbonyl (C=O) groups excluding carboxylic acids is 2. The highest BCUT2D eigenvalue weighted by Crippen LogP contribution is 2.28. The Morgan fingerprint density at radius 1 is 1.00 bits per heavy atom. The Morgan fingerprint density at radius 3 is 2.24 bits per heavy atom. The zero-order valence-corrected chi connectivity index (χ0v) is 18.9. The van der Waals surface area contributed by atoms with Gasteiger partial charge in [0.25, 0.3) is 0 Å². The van der Waals surface area contributed by atoms with Crippen molar-refractivity contribution in [3.05, 3.63) is 91.5 Å². The average Bonchev–Trinajstić information content (AvgIpc) is 3.21. The van der Waals surface area contributed by atoms with Gasteiger partial charge in [0.2, 0.25) is 11.8 Å². The van der Waals surface area contributed by atoms with E-state index in [0.717, 1.165) is 20.5 Å². The highest BCUT2D eigenvalue weighted by atomic mass is 79.9. The maximum absolute atomic E-state index is 12.9. The molecule has 0 spiro atoms. The summed E-state index contributed by atoms with van der Waals surface area (Å²) in [5.74, 6) is -0.335. The van der Waals surface area contributed by atoms with E-state index in [1.54, 1.807) is 11.3 Å². The normalized spacial score (nSPS) is 12.8. The number of thiophene rings is 1. The zero-order chi connectivity index (χ0) is 20.8. The van der Waals surface area contributed by atoms with Crippen molar-refractivity contribution < 1.29 is 9.59 Å². The van der Waals surface area contributed by atoms with Gasteiger partial charge in [0.15, 0.2) is 0 Å². The van der Waals surface area contributed by atoms with Crippen LogP contribution in [0, 0.1) is 0 Å². The fourth-order valence-electron chi connectivity index (χ4n) is 3.03. The summed E-state index contributed by atoms with van der Waals surface area (Å²) in [5.41, 5.74) is 1.82. The van der Waals surface area contributed by atoms with Gasteiger partial charge >= 0.3 is 0 Å². The van der Waals surface area contributed by atoms with Crippen LogP contribution in [0.5, 0.6) is 0 Å². The molecule has 1 heterocycles. The number of nitrogens with one attached hydrogen (secondary N) is 2. The largest absolute Gasteiger partial charge is 0.349 e. The van der Waals surface area contributed by atoms with E-state index >= 15 is 0 Å². The van der Waals surface area contributed by atoms with Crippen LogP contribution in [0.15, 0.2) is 70.5 Å². The SMILES string of the molecule is CC(=O)NC(CC(=O)NC(c1ccc(Cl)cc1)c1cccs1)c1ccc(Br)cc1. The number of hydrogen-bond acceptors (Lipinski definition) is 3. The van der Waals surface area contributed by atoms with Crippen LogP contribution in [-0.4, -0.2) is 11.8 Å². The Hall–Kier alpha value is -2.15. The zero-order valence-electron chi connectivity index (χ0n) is 15.7. The summed E-state index contributed by atoms with van der Waals surface area (Å²) >= 11 is 11.0. The van der Waals surface area contributed by atoms with Crippen LogP contribution in [0.4, 0.5) is 0 Å². The van der Waals surface area contributed by atoms with Crippen molar-refractivity contribution in [2.75, 3.05) is 0 Å². The Balaban J connectivity index is 1.79. The summed E-state index contributed by atoms with van der Waals surface area (Å²) in [5, 5.41) is 8.60. The second kappa shape index (κ2) is 10.1. The first-order chi connectivity index (χ1) is 13.9. The van der Waals surface area contributed by atoms with E-state index in [0.29, 0.717) is 5.02 Å². The summed E-state index contributed by atoms with van der Waals surface area (Å²) in [6.45, 7) is 1.45. The smallest absolute Gasteiger partial charge is 0.223 e. The second-order valence-electron chi connectivity index (χ2n) is 6.58. The maximum Gasteiger partial charge on any atom is 0.223 e. The molecule has 150 valence electrons. The lowest BCUT2D eigenvalue weighted by Crippen LogP contribution is -2.34. The third kappa shape index (κ3) is 6.16. The molecule has 2 unspecified atom stereocenters. The molecule has 2 aromatic carbocycles. The van der Waals surface area contributed by atoms with Crippen molar-refractivity contribution in [3.63, 3.8) is 0 Å². The molecule has 29 heavy (non-hydrogen) atoms. The van der Waals surface area contributed by atoms with Crippen LogP contribution in [-0.2, 0) is 9.59 Å². The van der Waals surface area contributed by atoms with E-state index in [-0.39, 0.29) is 24.3 Å². The maximum atomic E-state index is 12.9. The first kappa shape index (κ1) is 21.6. The highest BCUT2D eigenvalue weighted by molar-refractivity contribution is 9.10. The van der Waals surface area contributed by atoms with Crippen molar-refractivity contribution in [2.45, 2.75) is 25.4 Å². The Labute approximate surface area is 187 Å². The lowest BCUT2D eigenvalue weighted by atomic mass is 10.0. The van der Waals surface area contributed by atoms with Gasteiger partial charge in [-0.1, -0.05) is 57.9 Å². The number of benzene rings is 2. The molecule has 0 aliphatic carbocycles. The molecule has 0 aliphatic rings. The number of amides is 2. The minimum absolute atomic E-state index is 0.136. The van der Waals surface area contributed by atoms with Crippen LogP contribution in [0.2, 0.25) is 5.02 Å². The van der Waals surface area contributed by atoms with E-state index in [9.17, 15) is 9.59 Å². The molecule has 1 aromatic heterocycles. The molecule has 4 nitrogen and oxygen atoms in total. The standard InChI is InChI=1S/C22H20BrClN2O2S/c1-14(27)25-19(15-4-8-17(23)9-5-15)13-21(28)26-22(20-3-2-12-29-20)16-6-10-18(24)11-7-16/h2-12,19,22H,13H2,1H3,(H,25,27)(H,26,28). The first-order valence-corrected chi connectivity index (χ1v) is 11.1. The van der Waals surface area contributed by atoms with Gasteiger partial charge in [-0.15, -0.1) is 11.3 Å². The van der Waals surface area contributed by atoms with Gasteiger partial charge in [-0.3, -0.25) is 9.59 Å². The van der Waals surface area contributed by atoms with Gasteiger partial charge in [-0.2, -0.15) is 0 Å². The Kier molecular flexibility index (Phi) is 7.47. The van der Waals surface area contributed by atoms with Crippen molar-refractivity contribution in [1.82, 2.24) is 10.6 Å². The van der Waals surface area contributed by atoms with Crippen LogP contribution in [0.3, 0.4) is 0 Å². The van der Waals surface area contributed by atoms with Crippen LogP contribution < -0.4 is 10.6 Å². The molecular formula is C22H20BrClN2O2S. The van der Waals surface area contributed by atoms with E-state index in [2.05, 4.69) is 26.6 Å². The number of hydrogen-bond donors (Lipinski definition) is 2. The predicted molar refractivity (Wildman–Crippen MR) is 121 cm³/mol. The topological polar surface area (TPSA) is 58.2 Å². The molecular weight excluding hydrogens is 472 g/mol. The molecule has 0 saturated heterocycles. The van der Waals surface area contributed by atoms with Gasteiger partial charge < -0.3 is 10.6 Å². The van der Waals surface area contributed by atoms with Crippen LogP contribution in [0.1, 0.15) is 41.4 Å². The molecule has 2 amide bonds. The van der Waals surface area contributed by atoms with Gasteiger partial charge in [0.05, 0.1) is 18.5 Å². The van der Waals surface area contributed by atoms with Crippen molar-refractivity contribution in [2.24, 2.45) is 0 Å². The molecule has 0 aliphatic heterocycles. The van der Waals surface area contributed by atoms with E-state index in [4.69, 9.17) is 11.6 Å². The average molecular weight is 492 g/mol. The molecule has 3 rings (SSSR count). The summed E-state index contributed by atoms with van der Waals surface area (Å²) < 4.78 is 0.938.